The van der Waals surface area contributed by atoms with Gasteiger partial charge in [0.15, 0.2) is 0 Å². The molecule has 0 aromatic heterocycles. The summed E-state index contributed by atoms with van der Waals surface area (Å²) in [5, 5.41) is 5.60. The Morgan fingerprint density at radius 3 is 2.24 bits per heavy atom. The molecular weight excluding hydrogens is 447 g/mol. The van der Waals surface area contributed by atoms with Crippen molar-refractivity contribution in [3.63, 3.8) is 0 Å². The van der Waals surface area contributed by atoms with Crippen molar-refractivity contribution in [2.45, 2.75) is 51.7 Å². The fourth-order valence-electron chi connectivity index (χ4n) is 4.02. The highest BCUT2D eigenvalue weighted by Crippen LogP contribution is 2.25. The van der Waals surface area contributed by atoms with Crippen LogP contribution in [-0.4, -0.2) is 35.3 Å². The number of carbonyl (C=O) groups is 3. The molecule has 1 saturated carbocycles. The Morgan fingerprint density at radius 2 is 1.59 bits per heavy atom. The first-order chi connectivity index (χ1) is 16.2. The van der Waals surface area contributed by atoms with E-state index in [2.05, 4.69) is 10.6 Å². The van der Waals surface area contributed by atoms with Gasteiger partial charge in [-0.05, 0) is 55.7 Å². The summed E-state index contributed by atoms with van der Waals surface area (Å²) >= 11 is 0. The van der Waals surface area contributed by atoms with Crippen molar-refractivity contribution in [3.05, 3.63) is 59.7 Å². The number of rotatable bonds is 7. The van der Waals surface area contributed by atoms with Crippen LogP contribution in [0, 0.1) is 5.92 Å². The standard InChI is InChI=1S/C25H28F3N3O3/c1-2-31(24(34)25(26,27)28)16-17-8-6-12-20(14-17)29-23(33)19-11-7-13-21(15-19)30-22(32)18-9-4-3-5-10-18/h6-8,11-15,18H,2-5,9-10,16H2,1H3,(H,29,33)(H,30,32). The van der Waals surface area contributed by atoms with Crippen molar-refractivity contribution in [1.82, 2.24) is 4.90 Å². The number of alkyl halides is 3. The van der Waals surface area contributed by atoms with Gasteiger partial charge in [-0.2, -0.15) is 13.2 Å². The average Bonchev–Trinajstić information content (AvgIpc) is 2.82. The van der Waals surface area contributed by atoms with Gasteiger partial charge < -0.3 is 15.5 Å². The Labute approximate surface area is 196 Å². The van der Waals surface area contributed by atoms with Gasteiger partial charge in [0.05, 0.1) is 0 Å². The Morgan fingerprint density at radius 1 is 0.941 bits per heavy atom. The molecule has 1 aliphatic rings. The zero-order valence-corrected chi connectivity index (χ0v) is 19.0. The fraction of sp³-hybridized carbons (Fsp3) is 0.400. The molecule has 2 N–H and O–H groups in total. The SMILES string of the molecule is CCN(Cc1cccc(NC(=O)c2cccc(NC(=O)C3CCCCC3)c2)c1)C(=O)C(F)(F)F. The van der Waals surface area contributed by atoms with Crippen LogP contribution in [0.25, 0.3) is 0 Å². The lowest BCUT2D eigenvalue weighted by Gasteiger charge is -2.22. The zero-order chi connectivity index (χ0) is 24.7. The maximum Gasteiger partial charge on any atom is 0.471 e. The van der Waals surface area contributed by atoms with Gasteiger partial charge in [0.2, 0.25) is 5.91 Å². The highest BCUT2D eigenvalue weighted by molar-refractivity contribution is 6.05. The summed E-state index contributed by atoms with van der Waals surface area (Å²) in [6.07, 6.45) is 0.0215. The van der Waals surface area contributed by atoms with Gasteiger partial charge >= 0.3 is 12.1 Å². The van der Waals surface area contributed by atoms with Crippen molar-refractivity contribution < 1.29 is 27.6 Å². The third-order valence-electron chi connectivity index (χ3n) is 5.84. The molecule has 0 atom stereocenters. The Hall–Kier alpha value is -3.36. The number of halogens is 3. The second-order valence-corrected chi connectivity index (χ2v) is 8.38. The van der Waals surface area contributed by atoms with Crippen LogP contribution in [0.1, 0.15) is 54.9 Å². The molecule has 0 bridgehead atoms. The molecule has 2 aromatic carbocycles. The molecule has 6 nitrogen and oxygen atoms in total. The fourth-order valence-corrected chi connectivity index (χ4v) is 4.02. The van der Waals surface area contributed by atoms with Crippen LogP contribution in [0.5, 0.6) is 0 Å². The Balaban J connectivity index is 1.65. The minimum absolute atomic E-state index is 0.0131. The molecule has 0 unspecified atom stereocenters. The van der Waals surface area contributed by atoms with Gasteiger partial charge in [-0.25, -0.2) is 0 Å². The van der Waals surface area contributed by atoms with E-state index in [9.17, 15) is 27.6 Å². The Kier molecular flexibility index (Phi) is 8.31. The summed E-state index contributed by atoms with van der Waals surface area (Å²) < 4.78 is 38.3. The largest absolute Gasteiger partial charge is 0.471 e. The molecule has 0 aliphatic heterocycles. The van der Waals surface area contributed by atoms with Gasteiger partial charge in [0.25, 0.3) is 5.91 Å². The van der Waals surface area contributed by atoms with Crippen molar-refractivity contribution in [1.29, 1.82) is 0 Å². The minimum atomic E-state index is -4.95. The van der Waals surface area contributed by atoms with E-state index in [1.165, 1.54) is 13.0 Å². The van der Waals surface area contributed by atoms with Crippen LogP contribution < -0.4 is 10.6 Å². The van der Waals surface area contributed by atoms with Crippen LogP contribution in [-0.2, 0) is 16.1 Å². The summed E-state index contributed by atoms with van der Waals surface area (Å²) in [6, 6.07) is 12.9. The highest BCUT2D eigenvalue weighted by atomic mass is 19.4. The van der Waals surface area contributed by atoms with Gasteiger partial charge in [-0.3, -0.25) is 14.4 Å². The summed E-state index contributed by atoms with van der Waals surface area (Å²) in [5.41, 5.74) is 1.69. The molecule has 3 amide bonds. The maximum atomic E-state index is 12.8. The monoisotopic (exact) mass is 475 g/mol. The van der Waals surface area contributed by atoms with Crippen molar-refractivity contribution >= 4 is 29.1 Å². The lowest BCUT2D eigenvalue weighted by atomic mass is 9.88. The molecule has 1 fully saturated rings. The first-order valence-electron chi connectivity index (χ1n) is 11.3. The first-order valence-corrected chi connectivity index (χ1v) is 11.3. The van der Waals surface area contributed by atoms with Crippen molar-refractivity contribution in [3.8, 4) is 0 Å². The number of hydrogen-bond donors (Lipinski definition) is 2. The molecule has 0 radical (unpaired) electrons. The molecule has 34 heavy (non-hydrogen) atoms. The summed E-state index contributed by atoms with van der Waals surface area (Å²) in [4.78, 5) is 37.5. The Bertz CT molecular complexity index is 1030. The average molecular weight is 476 g/mol. The quantitative estimate of drug-likeness (QED) is 0.565. The predicted octanol–water partition coefficient (Wildman–Crippen LogP) is 5.37. The van der Waals surface area contributed by atoms with Crippen LogP contribution in [0.4, 0.5) is 24.5 Å². The van der Waals surface area contributed by atoms with Gasteiger partial charge in [-0.15, -0.1) is 0 Å². The summed E-state index contributed by atoms with van der Waals surface area (Å²) in [5.74, 6) is -2.39. The molecule has 1 aliphatic carbocycles. The third-order valence-corrected chi connectivity index (χ3v) is 5.84. The lowest BCUT2D eigenvalue weighted by molar-refractivity contribution is -0.185. The molecule has 182 valence electrons. The smallest absolute Gasteiger partial charge is 0.331 e. The summed E-state index contributed by atoms with van der Waals surface area (Å²) in [6.45, 7) is 1.13. The van der Waals surface area contributed by atoms with E-state index in [0.717, 1.165) is 32.1 Å². The van der Waals surface area contributed by atoms with E-state index < -0.39 is 18.0 Å². The number of benzene rings is 2. The molecule has 0 saturated heterocycles. The van der Waals surface area contributed by atoms with Crippen LogP contribution in [0.15, 0.2) is 48.5 Å². The molecular formula is C25H28F3N3O3. The highest BCUT2D eigenvalue weighted by Gasteiger charge is 2.41. The van der Waals surface area contributed by atoms with Crippen LogP contribution in [0.3, 0.4) is 0 Å². The normalized spacial score (nSPS) is 14.4. The second-order valence-electron chi connectivity index (χ2n) is 8.38. The zero-order valence-electron chi connectivity index (χ0n) is 19.0. The first kappa shape index (κ1) is 25.3. The van der Waals surface area contributed by atoms with Crippen LogP contribution in [0.2, 0.25) is 0 Å². The number of anilines is 2. The van der Waals surface area contributed by atoms with Crippen molar-refractivity contribution in [2.75, 3.05) is 17.2 Å². The second kappa shape index (κ2) is 11.2. The number of nitrogens with zero attached hydrogens (tertiary/aromatic N) is 1. The number of amides is 3. The summed E-state index contributed by atoms with van der Waals surface area (Å²) in [7, 11) is 0. The van der Waals surface area contributed by atoms with Crippen molar-refractivity contribution in [2.24, 2.45) is 5.92 Å². The van der Waals surface area contributed by atoms with E-state index in [1.54, 1.807) is 42.5 Å². The molecule has 9 heteroatoms. The van der Waals surface area contributed by atoms with E-state index in [-0.39, 0.29) is 24.9 Å². The third kappa shape index (κ3) is 6.82. The molecule has 0 heterocycles. The number of hydrogen-bond acceptors (Lipinski definition) is 3. The molecule has 0 spiro atoms. The molecule has 3 rings (SSSR count). The number of carbonyl (C=O) groups excluding carboxylic acids is 3. The van der Waals surface area contributed by atoms with E-state index >= 15 is 0 Å². The van der Waals surface area contributed by atoms with Gasteiger partial charge in [0, 0.05) is 35.9 Å². The lowest BCUT2D eigenvalue weighted by Crippen LogP contribution is -2.40. The number of nitrogens with one attached hydrogen (secondary N) is 2. The maximum absolute atomic E-state index is 12.8. The van der Waals surface area contributed by atoms with E-state index in [4.69, 9.17) is 0 Å². The van der Waals surface area contributed by atoms with E-state index in [0.29, 0.717) is 27.4 Å². The topological polar surface area (TPSA) is 78.5 Å². The molecule has 2 aromatic rings. The predicted molar refractivity (Wildman–Crippen MR) is 123 cm³/mol. The van der Waals surface area contributed by atoms with E-state index in [1.807, 2.05) is 0 Å². The van der Waals surface area contributed by atoms with Gasteiger partial charge in [0.1, 0.15) is 0 Å². The van der Waals surface area contributed by atoms with Crippen LogP contribution >= 0.6 is 0 Å². The van der Waals surface area contributed by atoms with Gasteiger partial charge in [-0.1, -0.05) is 37.5 Å². The minimum Gasteiger partial charge on any atom is -0.331 e.